The summed E-state index contributed by atoms with van der Waals surface area (Å²) in [7, 11) is 0. The van der Waals surface area contributed by atoms with Gasteiger partial charge in [0.1, 0.15) is 11.5 Å². The lowest BCUT2D eigenvalue weighted by molar-refractivity contribution is -0.140. The Balaban J connectivity index is 0.000000151. The van der Waals surface area contributed by atoms with Crippen molar-refractivity contribution in [2.45, 2.75) is 160 Å². The maximum absolute atomic E-state index is 12.5. The van der Waals surface area contributed by atoms with E-state index in [1.165, 1.54) is 60.8 Å². The van der Waals surface area contributed by atoms with E-state index in [1.54, 1.807) is 0 Å². The van der Waals surface area contributed by atoms with E-state index in [-0.39, 0.29) is 40.9 Å². The fourth-order valence-corrected chi connectivity index (χ4v) is 13.8. The van der Waals surface area contributed by atoms with Crippen molar-refractivity contribution in [3.8, 4) is 11.5 Å². The molecule has 5 fully saturated rings. The number of ether oxygens (including phenoxy) is 2. The van der Waals surface area contributed by atoms with Gasteiger partial charge in [-0.2, -0.15) is 0 Å². The monoisotopic (exact) mass is 786 g/mol. The molecule has 0 spiro atoms. The van der Waals surface area contributed by atoms with Gasteiger partial charge >= 0.3 is 11.9 Å². The third-order valence-electron chi connectivity index (χ3n) is 17.1. The molecule has 0 saturated heterocycles. The second-order valence-electron chi connectivity index (χ2n) is 20.0. The molecule has 10 atom stereocenters. The molecule has 0 aliphatic heterocycles. The number of fused-ring (bicyclic) bond motifs is 10. The Labute approximate surface area is 346 Å². The molecule has 0 radical (unpaired) electrons. The molecule has 0 aromatic heterocycles. The molecular formula is C52H66O6. The van der Waals surface area contributed by atoms with E-state index in [4.69, 9.17) is 9.47 Å². The number of hydrogen-bond donors (Lipinski definition) is 2. The largest absolute Gasteiger partial charge is 0.427 e. The van der Waals surface area contributed by atoms with Crippen molar-refractivity contribution in [1.82, 2.24) is 0 Å². The van der Waals surface area contributed by atoms with Crippen molar-refractivity contribution < 1.29 is 29.3 Å². The molecule has 0 heterocycles. The predicted octanol–water partition coefficient (Wildman–Crippen LogP) is 10.8. The minimum atomic E-state index is -0.166. The molecule has 10 rings (SSSR count). The average Bonchev–Trinajstić information content (AvgIpc) is 3.73. The molecule has 2 N–H and O–H groups in total. The molecule has 3 unspecified atom stereocenters. The highest BCUT2D eigenvalue weighted by molar-refractivity contribution is 5.75. The Kier molecular flexibility index (Phi) is 11.4. The Bertz CT molecular complexity index is 1950. The summed E-state index contributed by atoms with van der Waals surface area (Å²) >= 11 is 0. The van der Waals surface area contributed by atoms with Crippen LogP contribution >= 0.6 is 0 Å². The number of hydrogen-bond acceptors (Lipinski definition) is 6. The summed E-state index contributed by atoms with van der Waals surface area (Å²) in [6.45, 7) is 4.65. The highest BCUT2D eigenvalue weighted by Gasteiger charge is 2.55. The first-order valence-electron chi connectivity index (χ1n) is 23.2. The van der Waals surface area contributed by atoms with Gasteiger partial charge in [-0.25, -0.2) is 0 Å². The minimum Gasteiger partial charge on any atom is -0.427 e. The van der Waals surface area contributed by atoms with Gasteiger partial charge in [0.25, 0.3) is 0 Å². The van der Waals surface area contributed by atoms with Gasteiger partial charge in [-0.3, -0.25) is 9.59 Å². The molecule has 6 heteroatoms. The molecule has 7 aliphatic rings. The number of rotatable bonds is 6. The van der Waals surface area contributed by atoms with Crippen LogP contribution in [0.1, 0.15) is 156 Å². The van der Waals surface area contributed by atoms with Crippen molar-refractivity contribution in [3.63, 3.8) is 0 Å². The van der Waals surface area contributed by atoms with Crippen LogP contribution < -0.4 is 9.47 Å². The SMILES string of the molecule is C[C@]12CCC3c4ccc(OC(=O)CCc5ccccc5)cc4CCC3C1CC[C@@H]2O.C[C@]12CC[C@@H]3c4ccc(OC(=O)C5CCCCC5)cc4CC[C@H]3[C@@H]1CC[C@@H]2O. The van der Waals surface area contributed by atoms with Crippen molar-refractivity contribution in [2.24, 2.45) is 40.4 Å². The summed E-state index contributed by atoms with van der Waals surface area (Å²) in [6.07, 6.45) is 19.8. The van der Waals surface area contributed by atoms with Gasteiger partial charge in [0, 0.05) is 6.42 Å². The van der Waals surface area contributed by atoms with Gasteiger partial charge in [0.2, 0.25) is 0 Å². The highest BCUT2D eigenvalue weighted by Crippen LogP contribution is 2.62. The first-order valence-corrected chi connectivity index (χ1v) is 23.2. The van der Waals surface area contributed by atoms with E-state index in [0.29, 0.717) is 54.1 Å². The Morgan fingerprint density at radius 2 is 1.16 bits per heavy atom. The molecule has 0 bridgehead atoms. The summed E-state index contributed by atoms with van der Waals surface area (Å²) in [5.74, 6) is 5.25. The van der Waals surface area contributed by atoms with Crippen LogP contribution in [0.25, 0.3) is 0 Å². The lowest BCUT2D eigenvalue weighted by Gasteiger charge is -2.50. The predicted molar refractivity (Wildman–Crippen MR) is 227 cm³/mol. The number of carbonyl (C=O) groups is 2. The summed E-state index contributed by atoms with van der Waals surface area (Å²) in [6, 6.07) is 22.8. The van der Waals surface area contributed by atoms with Gasteiger partial charge in [-0.15, -0.1) is 0 Å². The Morgan fingerprint density at radius 1 is 0.621 bits per heavy atom. The number of esters is 2. The molecule has 5 saturated carbocycles. The summed E-state index contributed by atoms with van der Waals surface area (Å²) < 4.78 is 11.4. The van der Waals surface area contributed by atoms with Crippen molar-refractivity contribution in [1.29, 1.82) is 0 Å². The zero-order valence-corrected chi connectivity index (χ0v) is 35.0. The summed E-state index contributed by atoms with van der Waals surface area (Å²) in [4.78, 5) is 24.8. The van der Waals surface area contributed by atoms with E-state index in [1.807, 2.05) is 42.5 Å². The van der Waals surface area contributed by atoms with E-state index >= 15 is 0 Å². The van der Waals surface area contributed by atoms with Gasteiger partial charge in [0.15, 0.2) is 0 Å². The van der Waals surface area contributed by atoms with Crippen LogP contribution in [-0.2, 0) is 28.9 Å². The topological polar surface area (TPSA) is 93.1 Å². The fraction of sp³-hybridized carbons (Fsp3) is 0.615. The minimum absolute atomic E-state index is 0.0262. The molecule has 6 nitrogen and oxygen atoms in total. The molecule has 310 valence electrons. The van der Waals surface area contributed by atoms with Crippen molar-refractivity contribution >= 4 is 11.9 Å². The van der Waals surface area contributed by atoms with Crippen LogP contribution in [0.2, 0.25) is 0 Å². The third kappa shape index (κ3) is 7.59. The van der Waals surface area contributed by atoms with Crippen LogP contribution in [0, 0.1) is 40.4 Å². The van der Waals surface area contributed by atoms with E-state index in [0.717, 1.165) is 81.9 Å². The third-order valence-corrected chi connectivity index (χ3v) is 17.1. The van der Waals surface area contributed by atoms with E-state index in [9.17, 15) is 19.8 Å². The molecular weight excluding hydrogens is 721 g/mol. The first kappa shape index (κ1) is 40.0. The average molecular weight is 787 g/mol. The van der Waals surface area contributed by atoms with Gasteiger partial charge in [0.05, 0.1) is 18.1 Å². The molecule has 3 aromatic rings. The number of benzene rings is 3. The zero-order chi connectivity index (χ0) is 40.0. The second-order valence-corrected chi connectivity index (χ2v) is 20.0. The smallest absolute Gasteiger partial charge is 0.314 e. The van der Waals surface area contributed by atoms with E-state index < -0.39 is 0 Å². The second kappa shape index (κ2) is 16.5. The molecule has 58 heavy (non-hydrogen) atoms. The van der Waals surface area contributed by atoms with E-state index in [2.05, 4.69) is 38.1 Å². The maximum atomic E-state index is 12.5. The summed E-state index contributed by atoms with van der Waals surface area (Å²) in [5.41, 5.74) is 7.09. The van der Waals surface area contributed by atoms with Crippen LogP contribution in [-0.4, -0.2) is 34.4 Å². The van der Waals surface area contributed by atoms with Gasteiger partial charge in [-0.05, 0) is 195 Å². The summed E-state index contributed by atoms with van der Waals surface area (Å²) in [5, 5.41) is 21.1. The van der Waals surface area contributed by atoms with Crippen LogP contribution in [0.3, 0.4) is 0 Å². The molecule has 0 amide bonds. The molecule has 3 aromatic carbocycles. The Morgan fingerprint density at radius 3 is 1.71 bits per heavy atom. The highest BCUT2D eigenvalue weighted by atomic mass is 16.5. The number of aliphatic hydroxyl groups is 2. The standard InChI is InChI=1S/C27H32O3.C25H34O3/c1-27-16-15-22-21-11-9-20(30-26(29)14-7-18-5-3-2-4-6-18)17-19(21)8-10-23(22)24(27)12-13-25(27)28;1-25-14-13-20-19-10-8-18(28-24(27)16-5-3-2-4-6-16)15-17(19)7-9-21(20)22(25)11-12-23(25)26/h2-6,9,11,17,22-25,28H,7-8,10,12-16H2,1H3;8,10,15-16,20-23,26H,2-7,9,11-14H2,1H3/t22?,23?,24?,25-,27-;20-,21-,22+,23+,25+/m01/s1. The number of carbonyl (C=O) groups excluding carboxylic acids is 2. The van der Waals surface area contributed by atoms with Gasteiger partial charge in [-0.1, -0.05) is 75.6 Å². The Hall–Kier alpha value is -3.48. The fourth-order valence-electron chi connectivity index (χ4n) is 13.8. The quantitative estimate of drug-likeness (QED) is 0.191. The zero-order valence-electron chi connectivity index (χ0n) is 35.0. The van der Waals surface area contributed by atoms with Gasteiger partial charge < -0.3 is 19.7 Å². The van der Waals surface area contributed by atoms with Crippen LogP contribution in [0.15, 0.2) is 66.7 Å². The lowest BCUT2D eigenvalue weighted by Crippen LogP contribution is -2.43. The molecule has 7 aliphatic carbocycles. The van der Waals surface area contributed by atoms with Crippen molar-refractivity contribution in [2.75, 3.05) is 0 Å². The normalized spacial score (nSPS) is 34.8. The van der Waals surface area contributed by atoms with Crippen molar-refractivity contribution in [3.05, 3.63) is 94.5 Å². The van der Waals surface area contributed by atoms with Crippen LogP contribution in [0.4, 0.5) is 0 Å². The number of aliphatic hydroxyl groups excluding tert-OH is 2. The number of aryl methyl sites for hydroxylation is 3. The first-order chi connectivity index (χ1) is 28.1. The lowest BCUT2D eigenvalue weighted by atomic mass is 9.55. The van der Waals surface area contributed by atoms with Crippen LogP contribution in [0.5, 0.6) is 11.5 Å². The maximum Gasteiger partial charge on any atom is 0.314 e.